The van der Waals surface area contributed by atoms with Gasteiger partial charge in [-0.1, -0.05) is 23.9 Å². The lowest BCUT2D eigenvalue weighted by atomic mass is 10.2. The van der Waals surface area contributed by atoms with Crippen molar-refractivity contribution < 1.29 is 4.79 Å². The monoisotopic (exact) mass is 427 g/mol. The van der Waals surface area contributed by atoms with Crippen LogP contribution in [-0.2, 0) is 0 Å². The average molecular weight is 428 g/mol. The number of alkyl halides is 2. The van der Waals surface area contributed by atoms with E-state index < -0.39 is 11.5 Å². The molecule has 0 saturated carbocycles. The number of hydrazone groups is 1. The molecule has 0 bridgehead atoms. The van der Waals surface area contributed by atoms with Crippen LogP contribution in [-0.4, -0.2) is 53.2 Å². The first-order valence-electron chi connectivity index (χ1n) is 8.03. The summed E-state index contributed by atoms with van der Waals surface area (Å²) in [4.78, 5) is 32.2. The van der Waals surface area contributed by atoms with Crippen molar-refractivity contribution in [3.05, 3.63) is 51.9 Å². The molecule has 0 fully saturated rings. The van der Waals surface area contributed by atoms with Gasteiger partial charge in [0.05, 0.1) is 6.21 Å². The molecule has 1 amide bonds. The predicted octanol–water partition coefficient (Wildman–Crippen LogP) is 2.54. The summed E-state index contributed by atoms with van der Waals surface area (Å²) in [6.45, 7) is 1.41. The highest BCUT2D eigenvalue weighted by Crippen LogP contribution is 2.15. The van der Waals surface area contributed by atoms with Gasteiger partial charge in [0.1, 0.15) is 5.69 Å². The highest BCUT2D eigenvalue weighted by Gasteiger charge is 2.09. The fourth-order valence-corrected chi connectivity index (χ4v) is 3.02. The molecule has 2 rings (SSSR count). The Labute approximate surface area is 171 Å². The summed E-state index contributed by atoms with van der Waals surface area (Å²) in [7, 11) is 0. The third kappa shape index (κ3) is 6.57. The molecule has 1 aromatic heterocycles. The summed E-state index contributed by atoms with van der Waals surface area (Å²) in [6.07, 6.45) is 3.26. The van der Waals surface area contributed by atoms with Gasteiger partial charge < -0.3 is 9.88 Å². The topological polar surface area (TPSA) is 90.4 Å². The van der Waals surface area contributed by atoms with Crippen molar-refractivity contribution in [2.75, 3.05) is 36.0 Å². The fraction of sp³-hybridized carbons (Fsp3) is 0.294. The number of hydrogen-bond acceptors (Lipinski definition) is 6. The van der Waals surface area contributed by atoms with E-state index in [4.69, 9.17) is 23.2 Å². The Morgan fingerprint density at radius 2 is 1.96 bits per heavy atom. The van der Waals surface area contributed by atoms with Crippen LogP contribution in [0.3, 0.4) is 0 Å². The van der Waals surface area contributed by atoms with Gasteiger partial charge in [-0.2, -0.15) is 5.10 Å². The summed E-state index contributed by atoms with van der Waals surface area (Å²) < 4.78 is 0. The van der Waals surface area contributed by atoms with Crippen LogP contribution >= 0.6 is 35.0 Å². The van der Waals surface area contributed by atoms with Crippen molar-refractivity contribution in [3.63, 3.8) is 0 Å². The molecule has 27 heavy (non-hydrogen) atoms. The van der Waals surface area contributed by atoms with E-state index in [2.05, 4.69) is 25.4 Å². The normalized spacial score (nSPS) is 10.9. The molecular weight excluding hydrogens is 409 g/mol. The fourth-order valence-electron chi connectivity index (χ4n) is 2.22. The van der Waals surface area contributed by atoms with Crippen LogP contribution in [0.2, 0.25) is 0 Å². The molecule has 1 aromatic carbocycles. The second-order valence-electron chi connectivity index (χ2n) is 5.30. The lowest BCUT2D eigenvalue weighted by molar-refractivity contribution is 0.0949. The summed E-state index contributed by atoms with van der Waals surface area (Å²) in [6, 6.07) is 8.74. The summed E-state index contributed by atoms with van der Waals surface area (Å²) >= 11 is 12.9. The van der Waals surface area contributed by atoms with Gasteiger partial charge >= 0.3 is 0 Å². The number of carbonyl (C=O) groups excluding carboxylic acids is 1. The Bertz CT molecular complexity index is 836. The molecule has 144 valence electrons. The number of anilines is 1. The molecule has 0 aliphatic carbocycles. The van der Waals surface area contributed by atoms with Gasteiger partial charge in [0.2, 0.25) is 0 Å². The Hall–Kier alpha value is -2.03. The largest absolute Gasteiger partial charge is 0.369 e. The van der Waals surface area contributed by atoms with Crippen LogP contribution in [0.25, 0.3) is 0 Å². The van der Waals surface area contributed by atoms with E-state index in [0.29, 0.717) is 30.0 Å². The van der Waals surface area contributed by atoms with E-state index >= 15 is 0 Å². The molecular formula is C17H19Cl2N5O2S. The number of carbonyl (C=O) groups is 1. The summed E-state index contributed by atoms with van der Waals surface area (Å²) in [5.74, 6) is 0.473. The van der Waals surface area contributed by atoms with Crippen LogP contribution in [0.5, 0.6) is 0 Å². The standard InChI is InChI=1S/C17H19Cl2N5O2S/c1-27-17-21-14(10-15(25)22-17)16(26)23-20-11-12-2-4-13(5-3-12)24(8-6-18)9-7-19/h2-5,10-11H,6-9H2,1H3,(H,23,26)(H,21,22,25)/b20-11-. The van der Waals surface area contributed by atoms with Crippen molar-refractivity contribution in [2.24, 2.45) is 5.10 Å². The first-order chi connectivity index (χ1) is 13.1. The summed E-state index contributed by atoms with van der Waals surface area (Å²) in [5.41, 5.74) is 3.80. The van der Waals surface area contributed by atoms with Gasteiger partial charge in [-0.3, -0.25) is 9.59 Å². The predicted molar refractivity (Wildman–Crippen MR) is 112 cm³/mol. The molecule has 1 heterocycles. The quantitative estimate of drug-likeness (QED) is 0.211. The second-order valence-corrected chi connectivity index (χ2v) is 6.85. The highest BCUT2D eigenvalue weighted by molar-refractivity contribution is 7.98. The minimum absolute atomic E-state index is 0.00777. The van der Waals surface area contributed by atoms with Crippen molar-refractivity contribution in [2.45, 2.75) is 5.16 Å². The van der Waals surface area contributed by atoms with Crippen molar-refractivity contribution in [1.29, 1.82) is 0 Å². The third-order valence-corrected chi connectivity index (χ3v) is 4.41. The Balaban J connectivity index is 2.00. The molecule has 0 unspecified atom stereocenters. The van der Waals surface area contributed by atoms with Crippen LogP contribution in [0.1, 0.15) is 16.1 Å². The first kappa shape index (κ1) is 21.3. The number of halogens is 2. The zero-order valence-corrected chi connectivity index (χ0v) is 16.9. The van der Waals surface area contributed by atoms with E-state index in [-0.39, 0.29) is 5.69 Å². The Kier molecular flexibility index (Phi) is 8.63. The lowest BCUT2D eigenvalue weighted by Gasteiger charge is -2.22. The number of rotatable bonds is 9. The Morgan fingerprint density at radius 1 is 1.30 bits per heavy atom. The van der Waals surface area contributed by atoms with Crippen LogP contribution in [0.4, 0.5) is 5.69 Å². The molecule has 2 aromatic rings. The Morgan fingerprint density at radius 3 is 2.56 bits per heavy atom. The number of thioether (sulfide) groups is 1. The third-order valence-electron chi connectivity index (χ3n) is 3.49. The van der Waals surface area contributed by atoms with Gasteiger partial charge in [0.25, 0.3) is 11.5 Å². The van der Waals surface area contributed by atoms with E-state index in [1.807, 2.05) is 24.3 Å². The van der Waals surface area contributed by atoms with Crippen molar-refractivity contribution in [3.8, 4) is 0 Å². The van der Waals surface area contributed by atoms with Gasteiger partial charge in [0, 0.05) is 36.6 Å². The maximum absolute atomic E-state index is 12.1. The lowest BCUT2D eigenvalue weighted by Crippen LogP contribution is -2.27. The molecule has 0 spiro atoms. The van der Waals surface area contributed by atoms with E-state index in [9.17, 15) is 9.59 Å². The van der Waals surface area contributed by atoms with E-state index in [1.54, 1.807) is 6.26 Å². The van der Waals surface area contributed by atoms with E-state index in [1.165, 1.54) is 18.0 Å². The summed E-state index contributed by atoms with van der Waals surface area (Å²) in [5, 5.41) is 4.28. The van der Waals surface area contributed by atoms with Gasteiger partial charge in [-0.25, -0.2) is 10.4 Å². The maximum atomic E-state index is 12.1. The minimum Gasteiger partial charge on any atom is -0.369 e. The maximum Gasteiger partial charge on any atom is 0.290 e. The highest BCUT2D eigenvalue weighted by atomic mass is 35.5. The second kappa shape index (κ2) is 11.0. The SMILES string of the molecule is CSc1nc(C(=O)N/N=C\c2ccc(N(CCCl)CCCl)cc2)cc(=O)[nH]1. The zero-order valence-electron chi connectivity index (χ0n) is 14.6. The number of nitrogens with zero attached hydrogens (tertiary/aromatic N) is 3. The van der Waals surface area contributed by atoms with Crippen LogP contribution in [0.15, 0.2) is 45.4 Å². The molecule has 0 atom stereocenters. The molecule has 2 N–H and O–H groups in total. The number of aromatic amines is 1. The number of benzene rings is 1. The van der Waals surface area contributed by atoms with Gasteiger partial charge in [-0.15, -0.1) is 23.2 Å². The number of aromatic nitrogens is 2. The van der Waals surface area contributed by atoms with E-state index in [0.717, 1.165) is 17.3 Å². The molecule has 7 nitrogen and oxygen atoms in total. The van der Waals surface area contributed by atoms with Crippen LogP contribution in [0, 0.1) is 0 Å². The van der Waals surface area contributed by atoms with Gasteiger partial charge in [-0.05, 0) is 24.0 Å². The number of H-pyrrole nitrogens is 1. The number of hydrogen-bond donors (Lipinski definition) is 2. The number of nitrogens with one attached hydrogen (secondary N) is 2. The van der Waals surface area contributed by atoms with Crippen LogP contribution < -0.4 is 15.9 Å². The van der Waals surface area contributed by atoms with Gasteiger partial charge in [0.15, 0.2) is 5.16 Å². The molecule has 0 saturated heterocycles. The molecule has 0 aliphatic rings. The number of amides is 1. The van der Waals surface area contributed by atoms with Crippen molar-refractivity contribution >= 4 is 52.8 Å². The minimum atomic E-state index is -0.556. The average Bonchev–Trinajstić information content (AvgIpc) is 2.67. The first-order valence-corrected chi connectivity index (χ1v) is 10.3. The molecule has 10 heteroatoms. The molecule has 0 radical (unpaired) electrons. The van der Waals surface area contributed by atoms with Crippen molar-refractivity contribution in [1.82, 2.24) is 15.4 Å². The smallest absolute Gasteiger partial charge is 0.290 e. The molecule has 0 aliphatic heterocycles. The zero-order chi connectivity index (χ0) is 19.6.